The molecular weight excluding hydrogens is 400 g/mol. The Bertz CT molecular complexity index is 791. The Morgan fingerprint density at radius 1 is 1.19 bits per heavy atom. The molecule has 0 aliphatic heterocycles. The lowest BCUT2D eigenvalue weighted by Gasteiger charge is -2.65. The van der Waals surface area contributed by atoms with Gasteiger partial charge in [-0.2, -0.15) is 0 Å². The van der Waals surface area contributed by atoms with E-state index in [1.165, 1.54) is 6.92 Å². The van der Waals surface area contributed by atoms with Crippen LogP contribution in [-0.2, 0) is 23.9 Å². The van der Waals surface area contributed by atoms with Gasteiger partial charge in [0.05, 0.1) is 24.2 Å². The minimum Gasteiger partial charge on any atom is -0.462 e. The molecule has 4 aliphatic rings. The zero-order valence-electron chi connectivity index (χ0n) is 19.2. The monoisotopic (exact) mass is 436 g/mol. The zero-order valence-corrected chi connectivity index (χ0v) is 19.2. The average Bonchev–Trinajstić information content (AvgIpc) is 2.80. The lowest BCUT2D eigenvalue weighted by molar-refractivity contribution is -0.236. The van der Waals surface area contributed by atoms with Gasteiger partial charge in [-0.25, -0.2) is 0 Å². The van der Waals surface area contributed by atoms with Crippen LogP contribution >= 0.6 is 0 Å². The summed E-state index contributed by atoms with van der Waals surface area (Å²) in [6, 6.07) is 0. The number of hydrogen-bond acceptors (Lipinski definition) is 7. The van der Waals surface area contributed by atoms with Crippen molar-refractivity contribution in [3.8, 4) is 0 Å². The first-order valence-electron chi connectivity index (χ1n) is 11.6. The van der Waals surface area contributed by atoms with Crippen LogP contribution in [0.5, 0.6) is 0 Å². The fourth-order valence-corrected chi connectivity index (χ4v) is 8.14. The molecule has 7 heteroatoms. The Morgan fingerprint density at radius 3 is 2.48 bits per heavy atom. The van der Waals surface area contributed by atoms with E-state index in [9.17, 15) is 24.6 Å². The van der Waals surface area contributed by atoms with Gasteiger partial charge in [-0.15, -0.1) is 0 Å². The highest BCUT2D eigenvalue weighted by Crippen LogP contribution is 2.70. The SMILES string of the molecule is CCOC[C@@H]1C(=O)[C@@]23[C@H](O)C[C@@H]4C(C)(C)[C@@H](OC(C)=O)CC[C@@]4(C)[C@@H]2C(=O)C[C@@H]1[C@H]3O. The van der Waals surface area contributed by atoms with Gasteiger partial charge in [0, 0.05) is 43.1 Å². The molecule has 7 nitrogen and oxygen atoms in total. The number of aliphatic hydroxyl groups is 2. The number of rotatable bonds is 4. The first kappa shape index (κ1) is 22.9. The van der Waals surface area contributed by atoms with Crippen molar-refractivity contribution in [1.29, 1.82) is 0 Å². The quantitative estimate of drug-likeness (QED) is 0.648. The van der Waals surface area contributed by atoms with Gasteiger partial charge in [-0.3, -0.25) is 14.4 Å². The number of carbonyl (C=O) groups excluding carboxylic acids is 3. The molecule has 4 aliphatic carbocycles. The third kappa shape index (κ3) is 2.85. The molecule has 0 unspecified atom stereocenters. The molecule has 2 bridgehead atoms. The van der Waals surface area contributed by atoms with Crippen molar-refractivity contribution in [3.05, 3.63) is 0 Å². The Labute approximate surface area is 183 Å². The summed E-state index contributed by atoms with van der Waals surface area (Å²) >= 11 is 0. The van der Waals surface area contributed by atoms with Gasteiger partial charge in [-0.05, 0) is 37.5 Å². The molecule has 174 valence electrons. The summed E-state index contributed by atoms with van der Waals surface area (Å²) < 4.78 is 11.2. The van der Waals surface area contributed by atoms with Crippen LogP contribution in [-0.4, -0.2) is 59.3 Å². The predicted octanol–water partition coefficient (Wildman–Crippen LogP) is 1.91. The van der Waals surface area contributed by atoms with Crippen molar-refractivity contribution in [2.24, 2.45) is 39.9 Å². The lowest BCUT2D eigenvalue weighted by atomic mass is 9.39. The largest absolute Gasteiger partial charge is 0.462 e. The highest BCUT2D eigenvalue weighted by atomic mass is 16.5. The van der Waals surface area contributed by atoms with Crippen molar-refractivity contribution in [3.63, 3.8) is 0 Å². The highest BCUT2D eigenvalue weighted by Gasteiger charge is 2.77. The third-order valence-electron chi connectivity index (χ3n) is 9.36. The molecule has 4 fully saturated rings. The highest BCUT2D eigenvalue weighted by molar-refractivity contribution is 6.01. The van der Waals surface area contributed by atoms with E-state index >= 15 is 0 Å². The molecule has 0 radical (unpaired) electrons. The lowest BCUT2D eigenvalue weighted by Crippen LogP contribution is -2.70. The summed E-state index contributed by atoms with van der Waals surface area (Å²) in [5.74, 6) is -2.51. The molecule has 0 aromatic heterocycles. The molecule has 4 saturated carbocycles. The Balaban J connectivity index is 1.78. The predicted molar refractivity (Wildman–Crippen MR) is 111 cm³/mol. The summed E-state index contributed by atoms with van der Waals surface area (Å²) in [7, 11) is 0. The molecule has 0 amide bonds. The maximum atomic E-state index is 13.8. The second-order valence-electron chi connectivity index (χ2n) is 11.0. The second kappa shape index (κ2) is 7.35. The topological polar surface area (TPSA) is 110 Å². The molecule has 4 rings (SSSR count). The smallest absolute Gasteiger partial charge is 0.302 e. The molecule has 0 saturated heterocycles. The van der Waals surface area contributed by atoms with Crippen molar-refractivity contribution in [1.82, 2.24) is 0 Å². The standard InChI is InChI=1S/C24H36O7/c1-6-30-11-14-13-9-15(26)19-23(5)8-7-18(31-12(2)25)22(3,4)16(23)10-17(27)24(19,20(13)28)21(14)29/h13-14,16-20,27-28H,6-11H2,1-5H3/t13-,14-,16+,17+,18-,19-,20+,23+,24-/m0/s1. The molecule has 0 heterocycles. The minimum atomic E-state index is -1.46. The van der Waals surface area contributed by atoms with Crippen LogP contribution in [0.2, 0.25) is 0 Å². The number of Topliss-reactive ketones (excluding diaryl/α,β-unsaturated/α-hetero) is 2. The Morgan fingerprint density at radius 2 is 1.87 bits per heavy atom. The number of aliphatic hydroxyl groups excluding tert-OH is 2. The van der Waals surface area contributed by atoms with E-state index in [2.05, 4.69) is 0 Å². The summed E-state index contributed by atoms with van der Waals surface area (Å²) in [5, 5.41) is 22.8. The normalized spacial score (nSPS) is 48.2. The van der Waals surface area contributed by atoms with Gasteiger partial charge < -0.3 is 19.7 Å². The van der Waals surface area contributed by atoms with Gasteiger partial charge in [0.15, 0.2) is 5.78 Å². The number of ether oxygens (including phenoxy) is 2. The van der Waals surface area contributed by atoms with Gasteiger partial charge in [0.2, 0.25) is 0 Å². The number of ketones is 2. The van der Waals surface area contributed by atoms with E-state index in [0.717, 1.165) is 0 Å². The van der Waals surface area contributed by atoms with Gasteiger partial charge in [0.25, 0.3) is 0 Å². The summed E-state index contributed by atoms with van der Waals surface area (Å²) in [6.07, 6.45) is -0.856. The van der Waals surface area contributed by atoms with Crippen LogP contribution in [0.4, 0.5) is 0 Å². The van der Waals surface area contributed by atoms with Crippen molar-refractivity contribution in [2.75, 3.05) is 13.2 Å². The maximum Gasteiger partial charge on any atom is 0.302 e. The maximum absolute atomic E-state index is 13.8. The number of carbonyl (C=O) groups is 3. The van der Waals surface area contributed by atoms with Crippen LogP contribution in [0.3, 0.4) is 0 Å². The number of esters is 1. The number of hydrogen-bond donors (Lipinski definition) is 2. The van der Waals surface area contributed by atoms with Gasteiger partial charge in [-0.1, -0.05) is 20.8 Å². The van der Waals surface area contributed by atoms with Crippen molar-refractivity contribution in [2.45, 2.75) is 78.6 Å². The van der Waals surface area contributed by atoms with Crippen molar-refractivity contribution >= 4 is 17.5 Å². The molecule has 31 heavy (non-hydrogen) atoms. The first-order valence-corrected chi connectivity index (χ1v) is 11.6. The summed E-state index contributed by atoms with van der Waals surface area (Å²) in [4.78, 5) is 39.0. The third-order valence-corrected chi connectivity index (χ3v) is 9.36. The van der Waals surface area contributed by atoms with Crippen LogP contribution < -0.4 is 0 Å². The van der Waals surface area contributed by atoms with E-state index in [1.54, 1.807) is 0 Å². The molecular formula is C24H36O7. The fourth-order valence-electron chi connectivity index (χ4n) is 8.14. The van der Waals surface area contributed by atoms with Crippen LogP contribution in [0, 0.1) is 39.9 Å². The zero-order chi connectivity index (χ0) is 22.9. The van der Waals surface area contributed by atoms with Crippen molar-refractivity contribution < 1.29 is 34.1 Å². The summed E-state index contributed by atoms with van der Waals surface area (Å²) in [5.41, 5.74) is -2.51. The van der Waals surface area contributed by atoms with Gasteiger partial charge >= 0.3 is 5.97 Å². The molecule has 0 aromatic carbocycles. The van der Waals surface area contributed by atoms with E-state index in [-0.39, 0.29) is 42.6 Å². The summed E-state index contributed by atoms with van der Waals surface area (Å²) in [6.45, 7) is 9.94. The fraction of sp³-hybridized carbons (Fsp3) is 0.875. The van der Waals surface area contributed by atoms with Gasteiger partial charge in [0.1, 0.15) is 11.9 Å². The van der Waals surface area contributed by atoms with E-state index in [4.69, 9.17) is 9.47 Å². The average molecular weight is 437 g/mol. The second-order valence-corrected chi connectivity index (χ2v) is 11.0. The van der Waals surface area contributed by atoms with E-state index < -0.39 is 46.2 Å². The molecule has 0 aromatic rings. The molecule has 1 spiro atoms. The van der Waals surface area contributed by atoms with Crippen LogP contribution in [0.25, 0.3) is 0 Å². The number of fused-ring (bicyclic) bond motifs is 3. The minimum absolute atomic E-state index is 0.0318. The molecule has 9 atom stereocenters. The Hall–Kier alpha value is -1.31. The van der Waals surface area contributed by atoms with Crippen LogP contribution in [0.15, 0.2) is 0 Å². The first-order chi connectivity index (χ1) is 14.4. The van der Waals surface area contributed by atoms with E-state index in [1.807, 2.05) is 27.7 Å². The van der Waals surface area contributed by atoms with Crippen LogP contribution in [0.1, 0.15) is 60.3 Å². The van der Waals surface area contributed by atoms with E-state index in [0.29, 0.717) is 25.9 Å². The molecule has 2 N–H and O–H groups in total. The Kier molecular flexibility index (Phi) is 5.43.